The van der Waals surface area contributed by atoms with Crippen LogP contribution in [-0.2, 0) is 0 Å². The van der Waals surface area contributed by atoms with E-state index in [0.29, 0.717) is 11.8 Å². The molecule has 0 fully saturated rings. The molecule has 0 aromatic heterocycles. The molecule has 2 nitrogen and oxygen atoms in total. The van der Waals surface area contributed by atoms with Gasteiger partial charge in [-0.15, -0.1) is 0 Å². The summed E-state index contributed by atoms with van der Waals surface area (Å²) in [6, 6.07) is 6.09. The molecule has 0 spiro atoms. The predicted octanol–water partition coefficient (Wildman–Crippen LogP) is 3.12. The van der Waals surface area contributed by atoms with Gasteiger partial charge in [0.1, 0.15) is 5.84 Å². The SMILES string of the molecule is Cc1ccc(C(N)=NCC(C)C)c(Br)c1. The van der Waals surface area contributed by atoms with Crippen LogP contribution in [0.5, 0.6) is 0 Å². The summed E-state index contributed by atoms with van der Waals surface area (Å²) >= 11 is 3.49. The molecule has 1 aromatic carbocycles. The monoisotopic (exact) mass is 268 g/mol. The average molecular weight is 269 g/mol. The third-order valence-electron chi connectivity index (χ3n) is 2.03. The van der Waals surface area contributed by atoms with Crippen LogP contribution in [0.1, 0.15) is 25.0 Å². The average Bonchev–Trinajstić information content (AvgIpc) is 2.14. The van der Waals surface area contributed by atoms with Crippen LogP contribution in [0.3, 0.4) is 0 Å². The largest absolute Gasteiger partial charge is 0.383 e. The highest BCUT2D eigenvalue weighted by atomic mass is 79.9. The number of amidine groups is 1. The lowest BCUT2D eigenvalue weighted by molar-refractivity contribution is 0.665. The van der Waals surface area contributed by atoms with Gasteiger partial charge in [-0.3, -0.25) is 4.99 Å². The molecule has 0 radical (unpaired) electrons. The van der Waals surface area contributed by atoms with E-state index in [1.54, 1.807) is 0 Å². The fraction of sp³-hybridized carbons (Fsp3) is 0.417. The van der Waals surface area contributed by atoms with Crippen LogP contribution in [-0.4, -0.2) is 12.4 Å². The number of nitrogens with zero attached hydrogens (tertiary/aromatic N) is 1. The molecule has 2 N–H and O–H groups in total. The number of aliphatic imine (C=N–C) groups is 1. The van der Waals surface area contributed by atoms with Gasteiger partial charge in [-0.2, -0.15) is 0 Å². The molecule has 0 unspecified atom stereocenters. The maximum Gasteiger partial charge on any atom is 0.126 e. The van der Waals surface area contributed by atoms with Crippen molar-refractivity contribution in [2.45, 2.75) is 20.8 Å². The third-order valence-corrected chi connectivity index (χ3v) is 2.68. The quantitative estimate of drug-likeness (QED) is 0.664. The molecule has 1 rings (SSSR count). The van der Waals surface area contributed by atoms with Crippen molar-refractivity contribution in [3.63, 3.8) is 0 Å². The van der Waals surface area contributed by atoms with Crippen molar-refractivity contribution in [1.29, 1.82) is 0 Å². The first-order valence-corrected chi connectivity index (χ1v) is 5.86. The summed E-state index contributed by atoms with van der Waals surface area (Å²) < 4.78 is 1.01. The topological polar surface area (TPSA) is 38.4 Å². The minimum absolute atomic E-state index is 0.535. The van der Waals surface area contributed by atoms with Gasteiger partial charge < -0.3 is 5.73 Å². The Hall–Kier alpha value is -0.830. The minimum Gasteiger partial charge on any atom is -0.383 e. The first kappa shape index (κ1) is 12.2. The van der Waals surface area contributed by atoms with Crippen LogP contribution in [0, 0.1) is 12.8 Å². The van der Waals surface area contributed by atoms with Crippen LogP contribution in [0.2, 0.25) is 0 Å². The zero-order valence-corrected chi connectivity index (χ0v) is 11.0. The van der Waals surface area contributed by atoms with Gasteiger partial charge in [-0.05, 0) is 30.5 Å². The van der Waals surface area contributed by atoms with E-state index in [9.17, 15) is 0 Å². The highest BCUT2D eigenvalue weighted by Gasteiger charge is 2.04. The highest BCUT2D eigenvalue weighted by Crippen LogP contribution is 2.18. The van der Waals surface area contributed by atoms with Crippen LogP contribution in [0.15, 0.2) is 27.7 Å². The Bertz CT molecular complexity index is 370. The summed E-state index contributed by atoms with van der Waals surface area (Å²) in [6.07, 6.45) is 0. The van der Waals surface area contributed by atoms with E-state index in [-0.39, 0.29) is 0 Å². The molecule has 82 valence electrons. The predicted molar refractivity (Wildman–Crippen MR) is 69.3 cm³/mol. The molecule has 0 atom stereocenters. The fourth-order valence-electron chi connectivity index (χ4n) is 1.19. The molecule has 0 aliphatic heterocycles. The minimum atomic E-state index is 0.535. The van der Waals surface area contributed by atoms with Gasteiger partial charge in [0.25, 0.3) is 0 Å². The zero-order chi connectivity index (χ0) is 11.4. The van der Waals surface area contributed by atoms with Crippen molar-refractivity contribution < 1.29 is 0 Å². The Labute approximate surface area is 99.7 Å². The second-order valence-corrected chi connectivity index (χ2v) is 4.96. The lowest BCUT2D eigenvalue weighted by Gasteiger charge is -2.06. The molecule has 15 heavy (non-hydrogen) atoms. The van der Waals surface area contributed by atoms with Gasteiger partial charge in [0.05, 0.1) is 0 Å². The van der Waals surface area contributed by atoms with Crippen molar-refractivity contribution in [3.05, 3.63) is 33.8 Å². The number of halogens is 1. The van der Waals surface area contributed by atoms with Gasteiger partial charge >= 0.3 is 0 Å². The smallest absolute Gasteiger partial charge is 0.126 e. The number of hydrogen-bond acceptors (Lipinski definition) is 1. The Morgan fingerprint density at radius 2 is 2.13 bits per heavy atom. The van der Waals surface area contributed by atoms with E-state index in [1.807, 2.05) is 18.2 Å². The summed E-state index contributed by atoms with van der Waals surface area (Å²) in [5.41, 5.74) is 8.10. The van der Waals surface area contributed by atoms with Crippen LogP contribution >= 0.6 is 15.9 Å². The Morgan fingerprint density at radius 1 is 1.47 bits per heavy atom. The molecule has 1 aromatic rings. The standard InChI is InChI=1S/C12H17BrN2/c1-8(2)7-15-12(14)10-5-4-9(3)6-11(10)13/h4-6,8H,7H2,1-3H3,(H2,14,15). The zero-order valence-electron chi connectivity index (χ0n) is 9.42. The molecular formula is C12H17BrN2. The lowest BCUT2D eigenvalue weighted by atomic mass is 10.1. The summed E-state index contributed by atoms with van der Waals surface area (Å²) in [7, 11) is 0. The highest BCUT2D eigenvalue weighted by molar-refractivity contribution is 9.10. The number of benzene rings is 1. The number of hydrogen-bond donors (Lipinski definition) is 1. The fourth-order valence-corrected chi connectivity index (χ4v) is 1.89. The normalized spacial score (nSPS) is 12.2. The Balaban J connectivity index is 2.91. The molecule has 3 heteroatoms. The summed E-state index contributed by atoms with van der Waals surface area (Å²) in [5.74, 6) is 1.14. The molecule has 0 amide bonds. The second kappa shape index (κ2) is 5.31. The van der Waals surface area contributed by atoms with Gasteiger partial charge in [0.15, 0.2) is 0 Å². The molecule has 0 saturated heterocycles. The summed E-state index contributed by atoms with van der Waals surface area (Å²) in [5, 5.41) is 0. The third kappa shape index (κ3) is 3.67. The van der Waals surface area contributed by atoms with E-state index in [1.165, 1.54) is 5.56 Å². The van der Waals surface area contributed by atoms with Crippen molar-refractivity contribution in [2.24, 2.45) is 16.6 Å². The number of nitrogens with two attached hydrogens (primary N) is 1. The van der Waals surface area contributed by atoms with Crippen molar-refractivity contribution >= 4 is 21.8 Å². The van der Waals surface area contributed by atoms with Crippen molar-refractivity contribution in [2.75, 3.05) is 6.54 Å². The van der Waals surface area contributed by atoms with Gasteiger partial charge in [0, 0.05) is 16.6 Å². The Morgan fingerprint density at radius 3 is 2.67 bits per heavy atom. The van der Waals surface area contributed by atoms with Gasteiger partial charge in [-0.25, -0.2) is 0 Å². The summed E-state index contributed by atoms with van der Waals surface area (Å²) in [4.78, 5) is 4.35. The first-order valence-electron chi connectivity index (χ1n) is 5.07. The van der Waals surface area contributed by atoms with E-state index in [0.717, 1.165) is 16.6 Å². The maximum absolute atomic E-state index is 5.91. The Kier molecular flexibility index (Phi) is 4.33. The van der Waals surface area contributed by atoms with E-state index >= 15 is 0 Å². The molecular weight excluding hydrogens is 252 g/mol. The lowest BCUT2D eigenvalue weighted by Crippen LogP contribution is -2.15. The van der Waals surface area contributed by atoms with E-state index in [4.69, 9.17) is 5.73 Å². The maximum atomic E-state index is 5.91. The van der Waals surface area contributed by atoms with Gasteiger partial charge in [-0.1, -0.05) is 35.8 Å². The van der Waals surface area contributed by atoms with Crippen LogP contribution in [0.25, 0.3) is 0 Å². The van der Waals surface area contributed by atoms with E-state index < -0.39 is 0 Å². The number of rotatable bonds is 3. The number of aryl methyl sites for hydroxylation is 1. The van der Waals surface area contributed by atoms with Gasteiger partial charge in [0.2, 0.25) is 0 Å². The van der Waals surface area contributed by atoms with Crippen molar-refractivity contribution in [3.8, 4) is 0 Å². The molecule has 0 aliphatic rings. The second-order valence-electron chi connectivity index (χ2n) is 4.10. The first-order chi connectivity index (χ1) is 7.00. The molecule has 0 saturated carbocycles. The summed E-state index contributed by atoms with van der Waals surface area (Å²) in [6.45, 7) is 7.07. The molecule has 0 aliphatic carbocycles. The van der Waals surface area contributed by atoms with Crippen LogP contribution < -0.4 is 5.73 Å². The van der Waals surface area contributed by atoms with Crippen molar-refractivity contribution in [1.82, 2.24) is 0 Å². The van der Waals surface area contributed by atoms with E-state index in [2.05, 4.69) is 41.7 Å². The molecule has 0 bridgehead atoms. The molecule has 0 heterocycles. The van der Waals surface area contributed by atoms with Crippen LogP contribution in [0.4, 0.5) is 0 Å².